The molecule has 0 radical (unpaired) electrons. The highest BCUT2D eigenvalue weighted by molar-refractivity contribution is 5.26. The summed E-state index contributed by atoms with van der Waals surface area (Å²) in [5.74, 6) is 0. The van der Waals surface area contributed by atoms with Crippen molar-refractivity contribution in [3.8, 4) is 0 Å². The maximum atomic E-state index is 8.35. The highest BCUT2D eigenvalue weighted by Gasteiger charge is 1.69. The van der Waals surface area contributed by atoms with Gasteiger partial charge in [0.15, 0.2) is 0 Å². The minimum atomic E-state index is 0.750. The molecule has 4 nitrogen and oxygen atoms in total. The van der Waals surface area contributed by atoms with Gasteiger partial charge in [-0.2, -0.15) is 0 Å². The average Bonchev–Trinajstić information content (AvgIpc) is 2.13. The van der Waals surface area contributed by atoms with Crippen LogP contribution in [0.15, 0.2) is 24.3 Å². The summed E-state index contributed by atoms with van der Waals surface area (Å²) in [7, 11) is 0. The Morgan fingerprint density at radius 1 is 0.857 bits per heavy atom. The summed E-state index contributed by atoms with van der Waals surface area (Å²) in [5.41, 5.74) is 0. The van der Waals surface area contributed by atoms with E-state index in [1.54, 1.807) is 0 Å². The standard InChI is InChI=1S/C8H8.2CHNO/c1-7-3-5-8(2)6-4-7;2*2-1-3/h3-6H,1-2H2;2*2H. The Labute approximate surface area is 81.2 Å². The molecule has 0 spiro atoms. The Hall–Kier alpha value is -2.28. The van der Waals surface area contributed by atoms with Gasteiger partial charge in [-0.05, 0) is 10.4 Å². The Morgan fingerprint density at radius 2 is 1.00 bits per heavy atom. The molecule has 0 heterocycles. The van der Waals surface area contributed by atoms with Gasteiger partial charge in [-0.25, -0.2) is 20.4 Å². The fraction of sp³-hybridized carbons (Fsp3) is 0. The molecular weight excluding hydrogens is 180 g/mol. The zero-order valence-electron chi connectivity index (χ0n) is 7.54. The van der Waals surface area contributed by atoms with E-state index in [1.807, 2.05) is 24.3 Å². The van der Waals surface area contributed by atoms with Crippen LogP contribution < -0.4 is 10.4 Å². The van der Waals surface area contributed by atoms with Crippen molar-refractivity contribution >= 4 is 25.3 Å². The van der Waals surface area contributed by atoms with E-state index in [-0.39, 0.29) is 0 Å². The minimum Gasteiger partial charge on any atom is -0.222 e. The zero-order chi connectivity index (χ0) is 11.4. The second-order valence-corrected chi connectivity index (χ2v) is 2.02. The molecule has 2 N–H and O–H groups in total. The first-order valence-electron chi connectivity index (χ1n) is 3.44. The van der Waals surface area contributed by atoms with Gasteiger partial charge < -0.3 is 0 Å². The SMILES string of the molecule is C=c1ccc(=C)cc1.N=C=O.N=C=O. The molecule has 0 amide bonds. The Balaban J connectivity index is 0. The van der Waals surface area contributed by atoms with E-state index < -0.39 is 0 Å². The third-order valence-corrected chi connectivity index (χ3v) is 1.02. The summed E-state index contributed by atoms with van der Waals surface area (Å²) in [6.07, 6.45) is 1.50. The molecule has 0 aromatic heterocycles. The van der Waals surface area contributed by atoms with Crippen molar-refractivity contribution in [1.82, 2.24) is 0 Å². The van der Waals surface area contributed by atoms with Gasteiger partial charge in [-0.15, -0.1) is 0 Å². The molecule has 1 aromatic carbocycles. The van der Waals surface area contributed by atoms with Crippen LogP contribution in [0, 0.1) is 10.8 Å². The predicted octanol–water partition coefficient (Wildman–Crippen LogP) is 0.309. The van der Waals surface area contributed by atoms with Gasteiger partial charge in [0, 0.05) is 0 Å². The molecule has 0 saturated heterocycles. The van der Waals surface area contributed by atoms with Gasteiger partial charge >= 0.3 is 0 Å². The van der Waals surface area contributed by atoms with Gasteiger partial charge in [0.25, 0.3) is 0 Å². The smallest absolute Gasteiger partial charge is 0.222 e. The van der Waals surface area contributed by atoms with E-state index in [9.17, 15) is 0 Å². The van der Waals surface area contributed by atoms with Crippen molar-refractivity contribution in [1.29, 1.82) is 10.8 Å². The van der Waals surface area contributed by atoms with E-state index in [1.165, 1.54) is 0 Å². The van der Waals surface area contributed by atoms with Gasteiger partial charge in [0.05, 0.1) is 0 Å². The van der Waals surface area contributed by atoms with Crippen molar-refractivity contribution in [2.75, 3.05) is 0 Å². The molecular formula is C10H10N2O2. The van der Waals surface area contributed by atoms with Crippen molar-refractivity contribution in [3.63, 3.8) is 0 Å². The maximum Gasteiger partial charge on any atom is 0.231 e. The van der Waals surface area contributed by atoms with Gasteiger partial charge in [0.1, 0.15) is 0 Å². The lowest BCUT2D eigenvalue weighted by Crippen LogP contribution is -2.02. The van der Waals surface area contributed by atoms with Crippen LogP contribution >= 0.6 is 0 Å². The number of rotatable bonds is 0. The van der Waals surface area contributed by atoms with E-state index in [4.69, 9.17) is 20.4 Å². The first-order valence-corrected chi connectivity index (χ1v) is 3.44. The maximum absolute atomic E-state index is 8.35. The fourth-order valence-electron chi connectivity index (χ4n) is 0.539. The zero-order valence-corrected chi connectivity index (χ0v) is 7.54. The third-order valence-electron chi connectivity index (χ3n) is 1.02. The molecule has 1 rings (SSSR count). The molecule has 0 aliphatic heterocycles. The topological polar surface area (TPSA) is 81.8 Å². The number of hydrogen-bond donors (Lipinski definition) is 2. The third kappa shape index (κ3) is 12.4. The van der Waals surface area contributed by atoms with Gasteiger partial charge in [-0.1, -0.05) is 37.4 Å². The number of nitrogens with one attached hydrogen (secondary N) is 2. The van der Waals surface area contributed by atoms with Crippen LogP contribution in [-0.2, 0) is 9.59 Å². The Morgan fingerprint density at radius 3 is 1.14 bits per heavy atom. The summed E-state index contributed by atoms with van der Waals surface area (Å²) < 4.78 is 0. The molecule has 72 valence electrons. The van der Waals surface area contributed by atoms with Crippen LogP contribution in [0.4, 0.5) is 0 Å². The normalized spacial score (nSPS) is 6.29. The van der Waals surface area contributed by atoms with Crippen molar-refractivity contribution in [2.45, 2.75) is 0 Å². The number of benzene rings is 1. The number of hydrogen-bond acceptors (Lipinski definition) is 4. The van der Waals surface area contributed by atoms with Crippen LogP contribution in [0.5, 0.6) is 0 Å². The summed E-state index contributed by atoms with van der Waals surface area (Å²) in [6.45, 7) is 7.47. The van der Waals surface area contributed by atoms with E-state index >= 15 is 0 Å². The van der Waals surface area contributed by atoms with Crippen LogP contribution in [0.1, 0.15) is 0 Å². The van der Waals surface area contributed by atoms with Crippen LogP contribution in [-0.4, -0.2) is 12.2 Å². The van der Waals surface area contributed by atoms with E-state index in [0.29, 0.717) is 0 Å². The highest BCUT2D eigenvalue weighted by atomic mass is 16.1. The summed E-state index contributed by atoms with van der Waals surface area (Å²) in [5, 5.41) is 12.9. The summed E-state index contributed by atoms with van der Waals surface area (Å²) in [6, 6.07) is 7.79. The molecule has 0 aliphatic carbocycles. The number of isocyanates is 2. The lowest BCUT2D eigenvalue weighted by Gasteiger charge is -1.78. The van der Waals surface area contributed by atoms with E-state index in [0.717, 1.165) is 22.6 Å². The molecule has 0 bridgehead atoms. The quantitative estimate of drug-likeness (QED) is 0.456. The average molecular weight is 190 g/mol. The van der Waals surface area contributed by atoms with Crippen molar-refractivity contribution < 1.29 is 9.59 Å². The molecule has 4 heteroatoms. The molecule has 0 atom stereocenters. The van der Waals surface area contributed by atoms with Crippen LogP contribution in [0.25, 0.3) is 13.2 Å². The van der Waals surface area contributed by atoms with Crippen molar-refractivity contribution in [2.24, 2.45) is 0 Å². The first kappa shape index (κ1) is 14.3. The highest BCUT2D eigenvalue weighted by Crippen LogP contribution is 1.62. The van der Waals surface area contributed by atoms with Crippen LogP contribution in [0.2, 0.25) is 0 Å². The summed E-state index contributed by atoms with van der Waals surface area (Å²) in [4.78, 5) is 16.7. The molecule has 0 saturated carbocycles. The number of carbonyl (C=O) groups excluding carboxylic acids is 2. The predicted molar refractivity (Wildman–Crippen MR) is 53.6 cm³/mol. The lowest BCUT2D eigenvalue weighted by atomic mass is 10.3. The van der Waals surface area contributed by atoms with E-state index in [2.05, 4.69) is 13.2 Å². The molecule has 14 heavy (non-hydrogen) atoms. The van der Waals surface area contributed by atoms with Crippen molar-refractivity contribution in [3.05, 3.63) is 34.7 Å². The molecule has 0 unspecified atom stereocenters. The lowest BCUT2D eigenvalue weighted by molar-refractivity contribution is 0.562. The van der Waals surface area contributed by atoms with Gasteiger partial charge in [-0.3, -0.25) is 0 Å². The monoisotopic (exact) mass is 190 g/mol. The second-order valence-electron chi connectivity index (χ2n) is 2.02. The molecule has 1 aromatic rings. The molecule has 0 aliphatic rings. The Kier molecular flexibility index (Phi) is 10.9. The largest absolute Gasteiger partial charge is 0.231 e. The van der Waals surface area contributed by atoms with Gasteiger partial charge in [0.2, 0.25) is 12.2 Å². The first-order chi connectivity index (χ1) is 6.62. The fourth-order valence-corrected chi connectivity index (χ4v) is 0.539. The van der Waals surface area contributed by atoms with Crippen LogP contribution in [0.3, 0.4) is 0 Å². The minimum absolute atomic E-state index is 0.750. The Bertz CT molecular complexity index is 350. The molecule has 0 fully saturated rings. The second kappa shape index (κ2) is 10.7. The summed E-state index contributed by atoms with van der Waals surface area (Å²) >= 11 is 0.